The predicted molar refractivity (Wildman–Crippen MR) is 256 cm³/mol. The quantitative estimate of drug-likeness (QED) is 0.128. The Labute approximate surface area is 401 Å². The van der Waals surface area contributed by atoms with Crippen LogP contribution in [0.4, 0.5) is 4.39 Å². The van der Waals surface area contributed by atoms with Crippen molar-refractivity contribution in [3.05, 3.63) is 136 Å². The Hall–Kier alpha value is -5.80. The number of fused-ring (bicyclic) bond motifs is 2. The van der Waals surface area contributed by atoms with Gasteiger partial charge in [-0.25, -0.2) is 9.37 Å². The largest absolute Gasteiger partial charge is 0.457 e. The fourth-order valence-corrected chi connectivity index (χ4v) is 9.52. The summed E-state index contributed by atoms with van der Waals surface area (Å²) in [4.78, 5) is 70.5. The highest BCUT2D eigenvalue weighted by atomic mass is 35.5. The van der Waals surface area contributed by atoms with Crippen LogP contribution >= 0.6 is 23.2 Å². The highest BCUT2D eigenvalue weighted by Crippen LogP contribution is 2.36. The number of likely N-dealkylation sites (N-methyl/N-ethyl adjacent to an activating group) is 1. The maximum absolute atomic E-state index is 16.4. The lowest BCUT2D eigenvalue weighted by Gasteiger charge is -2.50. The van der Waals surface area contributed by atoms with Gasteiger partial charge in [0.2, 0.25) is 23.6 Å². The van der Waals surface area contributed by atoms with Gasteiger partial charge in [0.25, 0.3) is 0 Å². The number of nitrogens with one attached hydrogen (secondary N) is 1. The molecule has 0 radical (unpaired) electrons. The molecule has 1 N–H and O–H groups in total. The van der Waals surface area contributed by atoms with Crippen molar-refractivity contribution in [1.29, 1.82) is 0 Å². The van der Waals surface area contributed by atoms with Gasteiger partial charge in [0.1, 0.15) is 35.2 Å². The van der Waals surface area contributed by atoms with Crippen molar-refractivity contribution in [2.24, 2.45) is 13.0 Å². The fraction of sp³-hybridized carbons (Fsp3) is 0.392. The van der Waals surface area contributed by atoms with Gasteiger partial charge < -0.3 is 39.0 Å². The van der Waals surface area contributed by atoms with Crippen LogP contribution in [-0.4, -0.2) is 118 Å². The Balaban J connectivity index is 1.25. The summed E-state index contributed by atoms with van der Waals surface area (Å²) in [7, 11) is 9.04. The minimum absolute atomic E-state index is 0.0303. The van der Waals surface area contributed by atoms with Gasteiger partial charge in [0.15, 0.2) is 0 Å². The second-order valence-electron chi connectivity index (χ2n) is 17.9. The lowest BCUT2D eigenvalue weighted by atomic mass is 9.80. The third-order valence-electron chi connectivity index (χ3n) is 12.9. The first-order chi connectivity index (χ1) is 32.0. The molecule has 1 aromatic heterocycles. The zero-order chi connectivity index (χ0) is 48.0. The van der Waals surface area contributed by atoms with Gasteiger partial charge in [-0.2, -0.15) is 0 Å². The maximum Gasteiger partial charge on any atom is 0.247 e. The van der Waals surface area contributed by atoms with Crippen LogP contribution in [0, 0.1) is 11.7 Å². The highest BCUT2D eigenvalue weighted by Gasteiger charge is 2.46. The molecule has 16 heteroatoms. The second-order valence-corrected chi connectivity index (χ2v) is 18.8. The van der Waals surface area contributed by atoms with E-state index in [1.807, 2.05) is 85.2 Å². The van der Waals surface area contributed by atoms with Crippen molar-refractivity contribution in [1.82, 2.24) is 34.5 Å². The van der Waals surface area contributed by atoms with Crippen LogP contribution in [0.5, 0.6) is 11.5 Å². The van der Waals surface area contributed by atoms with Crippen LogP contribution < -0.4 is 10.1 Å². The number of hydrogen-bond donors (Lipinski definition) is 1. The predicted octanol–water partition coefficient (Wildman–Crippen LogP) is 7.56. The van der Waals surface area contributed by atoms with Crippen molar-refractivity contribution in [3.8, 4) is 22.8 Å². The molecule has 2 fully saturated rings. The molecule has 354 valence electrons. The number of halogens is 3. The Morgan fingerprint density at radius 1 is 0.910 bits per heavy atom. The van der Waals surface area contributed by atoms with Crippen molar-refractivity contribution in [2.75, 3.05) is 47.9 Å². The smallest absolute Gasteiger partial charge is 0.247 e. The molecule has 4 atom stereocenters. The molecule has 3 heterocycles. The number of aromatic nitrogens is 2. The van der Waals surface area contributed by atoms with E-state index >= 15 is 9.18 Å². The number of carbonyl (C=O) groups is 4. The minimum Gasteiger partial charge on any atom is -0.457 e. The summed E-state index contributed by atoms with van der Waals surface area (Å²) in [5.74, 6) is -2.27. The molecule has 4 aromatic carbocycles. The number of benzene rings is 4. The molecule has 67 heavy (non-hydrogen) atoms. The summed E-state index contributed by atoms with van der Waals surface area (Å²) >= 11 is 12.7. The van der Waals surface area contributed by atoms with Gasteiger partial charge >= 0.3 is 0 Å². The van der Waals surface area contributed by atoms with Crippen molar-refractivity contribution >= 4 is 46.8 Å². The van der Waals surface area contributed by atoms with Crippen LogP contribution in [0.1, 0.15) is 48.7 Å². The molecular formula is C51H58Cl2FN7O6. The van der Waals surface area contributed by atoms with E-state index < -0.39 is 53.6 Å². The average Bonchev–Trinajstić information content (AvgIpc) is 3.66. The van der Waals surface area contributed by atoms with E-state index in [-0.39, 0.29) is 48.2 Å². The maximum atomic E-state index is 16.4. The Bertz CT molecular complexity index is 2560. The lowest BCUT2D eigenvalue weighted by Crippen LogP contribution is -2.65. The van der Waals surface area contributed by atoms with Gasteiger partial charge in [-0.3, -0.25) is 19.2 Å². The molecule has 2 aliphatic heterocycles. The topological polar surface area (TPSA) is 130 Å². The van der Waals surface area contributed by atoms with Crippen LogP contribution in [-0.2, 0) is 56.9 Å². The third kappa shape index (κ3) is 11.5. The summed E-state index contributed by atoms with van der Waals surface area (Å²) in [6, 6.07) is 24.2. The first kappa shape index (κ1) is 49.1. The molecule has 0 spiro atoms. The number of amides is 4. The molecule has 4 amide bonds. The Morgan fingerprint density at radius 3 is 2.31 bits per heavy atom. The second kappa shape index (κ2) is 21.4. The molecule has 2 saturated heterocycles. The van der Waals surface area contributed by atoms with Crippen LogP contribution in [0.2, 0.25) is 10.0 Å². The number of hydrogen-bond acceptors (Lipinski definition) is 8. The molecule has 0 unspecified atom stereocenters. The third-order valence-corrected chi connectivity index (χ3v) is 13.4. The first-order valence-corrected chi connectivity index (χ1v) is 23.2. The van der Waals surface area contributed by atoms with Gasteiger partial charge in [-0.05, 0) is 106 Å². The molecule has 0 aliphatic carbocycles. The van der Waals surface area contributed by atoms with Crippen molar-refractivity contribution in [2.45, 2.75) is 69.7 Å². The van der Waals surface area contributed by atoms with E-state index in [2.05, 4.69) is 10.3 Å². The number of nitrogens with zero attached hydrogens (tertiary/aromatic N) is 6. The standard InChI is InChI=1S/C51H58Cl2FN7O6/c1-33-48(63)56-43(31-66-6)50(65)59(5)51(27-35-13-17-38(52)18-14-35)21-10-22-60(32-51)49(64)37(23-34-11-8-7-9-12-34)24-47(62)61(33)29-41-42(54)25-39(53)26-45(41)67-40-19-15-36(16-20-40)44-28-55-46(58(44)4)30-57(2)3/h7-9,11-20,25-26,28,33,37,43H,10,21-24,27,29-32H2,1-6H3,(H,56,63)/t33-,37+,43-,51+/m0/s1. The van der Waals surface area contributed by atoms with Gasteiger partial charge in [0.05, 0.1) is 43.0 Å². The normalized spacial score (nSPS) is 20.9. The van der Waals surface area contributed by atoms with Crippen LogP contribution in [0.25, 0.3) is 11.3 Å². The Morgan fingerprint density at radius 2 is 1.63 bits per heavy atom. The minimum atomic E-state index is -1.26. The van der Waals surface area contributed by atoms with Crippen molar-refractivity contribution in [3.63, 3.8) is 0 Å². The van der Waals surface area contributed by atoms with Crippen molar-refractivity contribution < 1.29 is 33.0 Å². The summed E-state index contributed by atoms with van der Waals surface area (Å²) in [5.41, 5.74) is 2.62. The first-order valence-electron chi connectivity index (χ1n) is 22.4. The molecule has 7 rings (SSSR count). The van der Waals surface area contributed by atoms with Crippen LogP contribution in [0.3, 0.4) is 0 Å². The number of piperidine rings is 1. The highest BCUT2D eigenvalue weighted by molar-refractivity contribution is 6.31. The van der Waals surface area contributed by atoms with Gasteiger partial charge in [-0.15, -0.1) is 0 Å². The number of ether oxygens (including phenoxy) is 2. The SMILES string of the molecule is COC[C@@H]1NC(=O)[C@H](C)N(Cc2c(F)cc(Cl)cc2Oc2ccc(-c3cnc(CN(C)C)n3C)cc2)C(=O)C[C@@H](Cc2ccccc2)C(=O)N2CCC[C@@](Cc3ccc(Cl)cc3)(C2)N(C)C1=O. The fourth-order valence-electron chi connectivity index (χ4n) is 9.20. The zero-order valence-electron chi connectivity index (χ0n) is 38.8. The number of methoxy groups -OCH3 is 1. The van der Waals surface area contributed by atoms with Gasteiger partial charge in [0, 0.05) is 61.9 Å². The number of carbonyl (C=O) groups excluding carboxylic acids is 4. The molecule has 5 aromatic rings. The molecule has 13 nitrogen and oxygen atoms in total. The number of imidazole rings is 1. The summed E-state index contributed by atoms with van der Waals surface area (Å²) < 4.78 is 30.2. The Kier molecular flexibility index (Phi) is 15.7. The van der Waals surface area contributed by atoms with E-state index in [0.29, 0.717) is 43.1 Å². The van der Waals surface area contributed by atoms with E-state index in [1.165, 1.54) is 25.0 Å². The number of rotatable bonds is 13. The molecule has 0 saturated carbocycles. The molecular weight excluding hydrogens is 897 g/mol. The van der Waals surface area contributed by atoms with E-state index in [4.69, 9.17) is 32.7 Å². The van der Waals surface area contributed by atoms with E-state index in [9.17, 15) is 14.4 Å². The summed E-state index contributed by atoms with van der Waals surface area (Å²) in [5, 5.41) is 3.50. The monoisotopic (exact) mass is 953 g/mol. The van der Waals surface area contributed by atoms with Gasteiger partial charge in [-0.1, -0.05) is 65.7 Å². The molecule has 2 aliphatic rings. The lowest BCUT2D eigenvalue weighted by molar-refractivity contribution is -0.153. The van der Waals surface area contributed by atoms with E-state index in [1.54, 1.807) is 47.3 Å². The summed E-state index contributed by atoms with van der Waals surface area (Å²) in [6.07, 6.45) is 3.29. The summed E-state index contributed by atoms with van der Waals surface area (Å²) in [6.45, 7) is 2.17. The van der Waals surface area contributed by atoms with E-state index in [0.717, 1.165) is 34.3 Å². The van der Waals surface area contributed by atoms with Crippen LogP contribution in [0.15, 0.2) is 97.2 Å². The average molecular weight is 955 g/mol. The molecule has 2 bridgehead atoms. The zero-order valence-corrected chi connectivity index (χ0v) is 40.3.